The highest BCUT2D eigenvalue weighted by molar-refractivity contribution is 5.82. The summed E-state index contributed by atoms with van der Waals surface area (Å²) in [5, 5.41) is 6.43. The molecule has 1 unspecified atom stereocenters. The Labute approximate surface area is 135 Å². The summed E-state index contributed by atoms with van der Waals surface area (Å²) in [5.74, 6) is 1.12. The average molecular weight is 313 g/mol. The fourth-order valence-electron chi connectivity index (χ4n) is 3.85. The summed E-state index contributed by atoms with van der Waals surface area (Å²) in [5.41, 5.74) is 3.16. The van der Waals surface area contributed by atoms with Crippen molar-refractivity contribution >= 4 is 17.0 Å². The van der Waals surface area contributed by atoms with Crippen molar-refractivity contribution in [2.24, 2.45) is 11.3 Å². The van der Waals surface area contributed by atoms with E-state index in [1.165, 1.54) is 0 Å². The van der Waals surface area contributed by atoms with E-state index in [0.717, 1.165) is 49.0 Å². The molecule has 5 heteroatoms. The molecule has 1 spiro atoms. The third-order valence-corrected chi connectivity index (χ3v) is 5.41. The van der Waals surface area contributed by atoms with Crippen LogP contribution in [0.1, 0.15) is 30.7 Å². The minimum atomic E-state index is 0.208. The molecule has 23 heavy (non-hydrogen) atoms. The number of carbonyl (C=O) groups is 1. The second-order valence-electron chi connectivity index (χ2n) is 6.94. The van der Waals surface area contributed by atoms with Crippen molar-refractivity contribution in [1.82, 2.24) is 15.6 Å². The second-order valence-corrected chi connectivity index (χ2v) is 6.94. The molecular formula is C18H23N3O2. The number of benzene rings is 1. The highest BCUT2D eigenvalue weighted by Crippen LogP contribution is 2.58. The lowest BCUT2D eigenvalue weighted by Gasteiger charge is -2.23. The molecule has 122 valence electrons. The number of para-hydroxylation sites is 1. The minimum absolute atomic E-state index is 0.208. The first-order valence-corrected chi connectivity index (χ1v) is 8.51. The lowest BCUT2D eigenvalue weighted by Crippen LogP contribution is -2.34. The Hall–Kier alpha value is -1.88. The van der Waals surface area contributed by atoms with Gasteiger partial charge in [0.05, 0.1) is 0 Å². The van der Waals surface area contributed by atoms with Crippen molar-refractivity contribution in [2.75, 3.05) is 19.6 Å². The van der Waals surface area contributed by atoms with Crippen LogP contribution in [0, 0.1) is 18.3 Å². The highest BCUT2D eigenvalue weighted by atomic mass is 16.3. The van der Waals surface area contributed by atoms with Gasteiger partial charge >= 0.3 is 0 Å². The summed E-state index contributed by atoms with van der Waals surface area (Å²) in [6, 6.07) is 5.93. The number of oxazole rings is 1. The molecule has 1 aromatic carbocycles. The van der Waals surface area contributed by atoms with E-state index in [0.29, 0.717) is 24.3 Å². The van der Waals surface area contributed by atoms with Crippen LogP contribution < -0.4 is 10.6 Å². The number of aryl methyl sites for hydroxylation is 1. The summed E-state index contributed by atoms with van der Waals surface area (Å²) in [6.07, 6.45) is 3.97. The van der Waals surface area contributed by atoms with E-state index in [2.05, 4.69) is 15.6 Å². The Morgan fingerprint density at radius 1 is 1.43 bits per heavy atom. The fourth-order valence-corrected chi connectivity index (χ4v) is 3.85. The molecule has 0 radical (unpaired) electrons. The monoisotopic (exact) mass is 313 g/mol. The molecule has 2 aromatic rings. The number of hydrogen-bond donors (Lipinski definition) is 2. The van der Waals surface area contributed by atoms with Gasteiger partial charge in [0.1, 0.15) is 5.52 Å². The number of rotatable bonds is 4. The average Bonchev–Trinajstić information content (AvgIpc) is 3.06. The Morgan fingerprint density at radius 3 is 3.04 bits per heavy atom. The van der Waals surface area contributed by atoms with Crippen molar-refractivity contribution in [3.63, 3.8) is 0 Å². The predicted molar refractivity (Wildman–Crippen MR) is 88.1 cm³/mol. The molecular weight excluding hydrogens is 290 g/mol. The number of carbonyl (C=O) groups excluding carboxylic acids is 1. The lowest BCUT2D eigenvalue weighted by atomic mass is 9.92. The maximum Gasteiger partial charge on any atom is 0.223 e. The maximum atomic E-state index is 12.3. The molecule has 1 saturated heterocycles. The van der Waals surface area contributed by atoms with Crippen molar-refractivity contribution in [3.05, 3.63) is 29.7 Å². The van der Waals surface area contributed by atoms with Gasteiger partial charge < -0.3 is 15.1 Å². The van der Waals surface area contributed by atoms with E-state index in [-0.39, 0.29) is 11.8 Å². The Morgan fingerprint density at radius 2 is 2.26 bits per heavy atom. The van der Waals surface area contributed by atoms with Gasteiger partial charge in [-0.3, -0.25) is 4.79 Å². The van der Waals surface area contributed by atoms with Gasteiger partial charge in [0.15, 0.2) is 11.5 Å². The molecule has 2 fully saturated rings. The first kappa shape index (κ1) is 14.7. The van der Waals surface area contributed by atoms with Crippen molar-refractivity contribution in [2.45, 2.75) is 32.6 Å². The third-order valence-electron chi connectivity index (χ3n) is 5.41. The number of nitrogens with zero attached hydrogens (tertiary/aromatic N) is 1. The van der Waals surface area contributed by atoms with Crippen molar-refractivity contribution < 1.29 is 9.21 Å². The van der Waals surface area contributed by atoms with Crippen LogP contribution in [0.3, 0.4) is 0 Å². The van der Waals surface area contributed by atoms with Gasteiger partial charge in [-0.25, -0.2) is 4.98 Å². The summed E-state index contributed by atoms with van der Waals surface area (Å²) in [6.45, 7) is 4.72. The normalized spacial score (nSPS) is 22.4. The number of fused-ring (bicyclic) bond motifs is 1. The molecule has 5 nitrogen and oxygen atoms in total. The van der Waals surface area contributed by atoms with Crippen LogP contribution in [0.2, 0.25) is 0 Å². The number of nitrogens with one attached hydrogen (secondary N) is 2. The Balaban J connectivity index is 1.31. The van der Waals surface area contributed by atoms with Gasteiger partial charge in [-0.15, -0.1) is 0 Å². The van der Waals surface area contributed by atoms with Gasteiger partial charge in [-0.1, -0.05) is 12.1 Å². The first-order chi connectivity index (χ1) is 11.2. The fraction of sp³-hybridized carbons (Fsp3) is 0.556. The molecule has 1 aliphatic carbocycles. The number of amides is 1. The predicted octanol–water partition coefficient (Wildman–Crippen LogP) is 2.18. The molecule has 4 rings (SSSR count). The number of aromatic nitrogens is 1. The van der Waals surface area contributed by atoms with Gasteiger partial charge in [-0.2, -0.15) is 0 Å². The topological polar surface area (TPSA) is 67.2 Å². The quantitative estimate of drug-likeness (QED) is 0.908. The van der Waals surface area contributed by atoms with Gasteiger partial charge in [0.2, 0.25) is 5.91 Å². The standard InChI is InChI=1S/C18H23N3O2/c1-12-3-2-4-14-16(12)21-15(23-14)5-8-20-17(22)13-11-18(13)6-9-19-10-7-18/h2-4,13,19H,5-11H2,1H3,(H,20,22). The summed E-state index contributed by atoms with van der Waals surface area (Å²) in [4.78, 5) is 16.8. The zero-order valence-corrected chi connectivity index (χ0v) is 13.5. The van der Waals surface area contributed by atoms with E-state index in [1.54, 1.807) is 0 Å². The van der Waals surface area contributed by atoms with Crippen LogP contribution in [0.15, 0.2) is 22.6 Å². The number of piperidine rings is 1. The first-order valence-electron chi connectivity index (χ1n) is 8.51. The van der Waals surface area contributed by atoms with Crippen LogP contribution in [0.5, 0.6) is 0 Å². The van der Waals surface area contributed by atoms with Crippen LogP contribution in [0.25, 0.3) is 11.1 Å². The van der Waals surface area contributed by atoms with Gasteiger partial charge in [0, 0.05) is 18.9 Å². The smallest absolute Gasteiger partial charge is 0.223 e. The molecule has 2 N–H and O–H groups in total. The van der Waals surface area contributed by atoms with Crippen molar-refractivity contribution in [3.8, 4) is 0 Å². The van der Waals surface area contributed by atoms with Crippen molar-refractivity contribution in [1.29, 1.82) is 0 Å². The van der Waals surface area contributed by atoms with Crippen LogP contribution >= 0.6 is 0 Å². The maximum absolute atomic E-state index is 12.3. The highest BCUT2D eigenvalue weighted by Gasteiger charge is 2.57. The zero-order valence-electron chi connectivity index (χ0n) is 13.5. The van der Waals surface area contributed by atoms with E-state index < -0.39 is 0 Å². The molecule has 1 aromatic heterocycles. The van der Waals surface area contributed by atoms with E-state index in [9.17, 15) is 4.79 Å². The van der Waals surface area contributed by atoms with Crippen LogP contribution in [-0.4, -0.2) is 30.5 Å². The molecule has 1 atom stereocenters. The molecule has 2 aliphatic rings. The minimum Gasteiger partial charge on any atom is -0.441 e. The second kappa shape index (κ2) is 5.64. The number of hydrogen-bond acceptors (Lipinski definition) is 4. The zero-order chi connectivity index (χ0) is 15.9. The molecule has 1 amide bonds. The Kier molecular flexibility index (Phi) is 3.60. The molecule has 0 bridgehead atoms. The molecule has 1 aliphatic heterocycles. The largest absolute Gasteiger partial charge is 0.441 e. The van der Waals surface area contributed by atoms with E-state index in [1.807, 2.05) is 25.1 Å². The third kappa shape index (κ3) is 2.74. The lowest BCUT2D eigenvalue weighted by molar-refractivity contribution is -0.123. The Bertz CT molecular complexity index is 731. The van der Waals surface area contributed by atoms with Crippen LogP contribution in [0.4, 0.5) is 0 Å². The summed E-state index contributed by atoms with van der Waals surface area (Å²) in [7, 11) is 0. The SMILES string of the molecule is Cc1cccc2oc(CCNC(=O)C3CC34CCNCC4)nc12. The van der Waals surface area contributed by atoms with Gasteiger partial charge in [-0.05, 0) is 56.3 Å². The van der Waals surface area contributed by atoms with E-state index in [4.69, 9.17) is 4.42 Å². The van der Waals surface area contributed by atoms with Gasteiger partial charge in [0.25, 0.3) is 0 Å². The van der Waals surface area contributed by atoms with Crippen LogP contribution in [-0.2, 0) is 11.2 Å². The molecule has 2 heterocycles. The molecule has 1 saturated carbocycles. The van der Waals surface area contributed by atoms with E-state index >= 15 is 0 Å². The summed E-state index contributed by atoms with van der Waals surface area (Å²) < 4.78 is 5.75. The summed E-state index contributed by atoms with van der Waals surface area (Å²) >= 11 is 0.